The predicted molar refractivity (Wildman–Crippen MR) is 145 cm³/mol. The third-order valence-electron chi connectivity index (χ3n) is 6.23. The van der Waals surface area contributed by atoms with Crippen LogP contribution in [0.4, 0.5) is 10.5 Å². The molecule has 0 aliphatic carbocycles. The van der Waals surface area contributed by atoms with Crippen LogP contribution in [0.2, 0.25) is 0 Å². The number of hydrogen-bond donors (Lipinski definition) is 3. The Morgan fingerprint density at radius 2 is 1.90 bits per heavy atom. The zero-order valence-corrected chi connectivity index (χ0v) is 22.7. The fraction of sp³-hybridized carbons (Fsp3) is 0.345. The van der Waals surface area contributed by atoms with Crippen molar-refractivity contribution in [3.8, 4) is 5.75 Å². The summed E-state index contributed by atoms with van der Waals surface area (Å²) in [6.45, 7) is 9.41. The Morgan fingerprint density at radius 1 is 1.12 bits per heavy atom. The van der Waals surface area contributed by atoms with Crippen molar-refractivity contribution >= 4 is 35.4 Å². The topological polar surface area (TPSA) is 143 Å². The van der Waals surface area contributed by atoms with Crippen LogP contribution in [0.3, 0.4) is 0 Å². The lowest BCUT2D eigenvalue weighted by Crippen LogP contribution is -2.52. The van der Waals surface area contributed by atoms with Gasteiger partial charge in [0.1, 0.15) is 24.0 Å². The molecule has 3 N–H and O–H groups in total. The first-order valence-corrected chi connectivity index (χ1v) is 12.8. The Kier molecular flexibility index (Phi) is 8.22. The lowest BCUT2D eigenvalue weighted by Gasteiger charge is -2.29. The number of benzene rings is 2. The van der Waals surface area contributed by atoms with Gasteiger partial charge in [-0.05, 0) is 56.5 Å². The molecular formula is C29H32N4O7. The van der Waals surface area contributed by atoms with Gasteiger partial charge in [0.15, 0.2) is 0 Å². The maximum Gasteiger partial charge on any atom is 0.337 e. The number of ether oxygens (including phenoxy) is 2. The fourth-order valence-electron chi connectivity index (χ4n) is 4.34. The third-order valence-corrected chi connectivity index (χ3v) is 6.23. The Bertz CT molecular complexity index is 1380. The van der Waals surface area contributed by atoms with Crippen LogP contribution >= 0.6 is 0 Å². The lowest BCUT2D eigenvalue weighted by atomic mass is 10.0. The molecule has 5 amide bonds. The molecular weight excluding hydrogens is 516 g/mol. The molecule has 0 aromatic heterocycles. The van der Waals surface area contributed by atoms with Gasteiger partial charge in [-0.2, -0.15) is 0 Å². The minimum Gasteiger partial charge on any atom is -0.489 e. The summed E-state index contributed by atoms with van der Waals surface area (Å²) in [5.41, 5.74) is 2.06. The van der Waals surface area contributed by atoms with Crippen LogP contribution in [0.15, 0.2) is 54.6 Å². The highest BCUT2D eigenvalue weighted by molar-refractivity contribution is 6.05. The first kappa shape index (κ1) is 28.3. The van der Waals surface area contributed by atoms with Gasteiger partial charge in [-0.1, -0.05) is 24.8 Å². The van der Waals surface area contributed by atoms with Crippen molar-refractivity contribution in [2.45, 2.75) is 58.3 Å². The van der Waals surface area contributed by atoms with E-state index >= 15 is 0 Å². The molecule has 1 saturated heterocycles. The molecule has 2 aliphatic rings. The maximum absolute atomic E-state index is 12.8. The molecule has 4 rings (SSSR count). The number of esters is 1. The summed E-state index contributed by atoms with van der Waals surface area (Å²) >= 11 is 0. The van der Waals surface area contributed by atoms with Gasteiger partial charge >= 0.3 is 12.0 Å². The molecule has 11 heteroatoms. The van der Waals surface area contributed by atoms with E-state index in [4.69, 9.17) is 9.47 Å². The molecule has 0 radical (unpaired) electrons. The zero-order chi connectivity index (χ0) is 29.0. The van der Waals surface area contributed by atoms with E-state index in [1.54, 1.807) is 57.2 Å². The number of piperidine rings is 1. The molecule has 0 bridgehead atoms. The molecule has 0 spiro atoms. The second-order valence-corrected chi connectivity index (χ2v) is 10.6. The molecule has 11 nitrogen and oxygen atoms in total. The maximum atomic E-state index is 12.8. The quantitative estimate of drug-likeness (QED) is 0.261. The second-order valence-electron chi connectivity index (χ2n) is 10.6. The van der Waals surface area contributed by atoms with Gasteiger partial charge in [-0.25, -0.2) is 9.59 Å². The first-order valence-electron chi connectivity index (χ1n) is 12.8. The van der Waals surface area contributed by atoms with Gasteiger partial charge < -0.3 is 25.0 Å². The number of nitrogens with one attached hydrogen (secondary N) is 3. The standard InChI is InChI=1S/C29H32N4O7/c1-17(27(37)40-29(2,3)4)16-39-21-7-5-6-20(13-21)31-28(38)30-14-18-8-9-22-19(12-18)15-33(26(22)36)23-10-11-24(34)32-25(23)35/h5-9,12-13,23H,1,10-11,14-16H2,2-4H3,(H2,30,31,38)(H,32,34,35). The SMILES string of the molecule is C=C(COc1cccc(NC(=O)NCc2ccc3c(c2)CN(C2CCC(=O)NC2=O)C3=O)c1)C(=O)OC(C)(C)C. The number of fused-ring (bicyclic) bond motifs is 1. The second kappa shape index (κ2) is 11.6. The Morgan fingerprint density at radius 3 is 2.62 bits per heavy atom. The Labute approximate surface area is 231 Å². The number of carbonyl (C=O) groups excluding carboxylic acids is 5. The Hall–Kier alpha value is -4.67. The summed E-state index contributed by atoms with van der Waals surface area (Å²) < 4.78 is 10.9. The van der Waals surface area contributed by atoms with Crippen molar-refractivity contribution in [3.05, 3.63) is 71.3 Å². The third kappa shape index (κ3) is 7.04. The molecule has 2 aliphatic heterocycles. The smallest absolute Gasteiger partial charge is 0.337 e. The molecule has 210 valence electrons. The van der Waals surface area contributed by atoms with Crippen molar-refractivity contribution in [1.29, 1.82) is 0 Å². The summed E-state index contributed by atoms with van der Waals surface area (Å²) in [6, 6.07) is 10.8. The molecule has 1 atom stereocenters. The predicted octanol–water partition coefficient (Wildman–Crippen LogP) is 3.05. The number of imide groups is 1. The number of urea groups is 1. The summed E-state index contributed by atoms with van der Waals surface area (Å²) in [4.78, 5) is 62.6. The number of nitrogens with zero attached hydrogens (tertiary/aromatic N) is 1. The molecule has 2 aromatic rings. The van der Waals surface area contributed by atoms with Gasteiger partial charge in [0.25, 0.3) is 5.91 Å². The molecule has 1 fully saturated rings. The van der Waals surface area contributed by atoms with Crippen LogP contribution in [0.5, 0.6) is 5.75 Å². The average Bonchev–Trinajstić information content (AvgIpc) is 3.20. The van der Waals surface area contributed by atoms with Crippen molar-refractivity contribution in [2.75, 3.05) is 11.9 Å². The van der Waals surface area contributed by atoms with Crippen molar-refractivity contribution in [3.63, 3.8) is 0 Å². The largest absolute Gasteiger partial charge is 0.489 e. The first-order chi connectivity index (χ1) is 18.9. The van der Waals surface area contributed by atoms with Gasteiger partial charge in [0.05, 0.1) is 5.57 Å². The monoisotopic (exact) mass is 548 g/mol. The average molecular weight is 549 g/mol. The van der Waals surface area contributed by atoms with Crippen molar-refractivity contribution < 1.29 is 33.4 Å². The summed E-state index contributed by atoms with van der Waals surface area (Å²) in [7, 11) is 0. The van der Waals surface area contributed by atoms with Crippen molar-refractivity contribution in [1.82, 2.24) is 15.5 Å². The highest BCUT2D eigenvalue weighted by Gasteiger charge is 2.39. The number of hydrogen-bond acceptors (Lipinski definition) is 7. The van der Waals surface area contributed by atoms with Gasteiger partial charge in [0.2, 0.25) is 11.8 Å². The van der Waals surface area contributed by atoms with Crippen molar-refractivity contribution in [2.24, 2.45) is 0 Å². The lowest BCUT2D eigenvalue weighted by molar-refractivity contribution is -0.150. The van der Waals surface area contributed by atoms with E-state index in [-0.39, 0.29) is 43.5 Å². The van der Waals surface area contributed by atoms with Crippen LogP contribution in [0.1, 0.15) is 55.1 Å². The fourth-order valence-corrected chi connectivity index (χ4v) is 4.34. The van der Waals surface area contributed by atoms with Gasteiger partial charge in [-0.15, -0.1) is 0 Å². The number of anilines is 1. The van der Waals surface area contributed by atoms with Crippen LogP contribution in [-0.2, 0) is 32.2 Å². The Balaban J connectivity index is 1.28. The number of rotatable bonds is 8. The molecule has 0 saturated carbocycles. The van der Waals surface area contributed by atoms with E-state index in [1.807, 2.05) is 6.07 Å². The minimum absolute atomic E-state index is 0.0631. The van der Waals surface area contributed by atoms with Crippen LogP contribution in [0, 0.1) is 0 Å². The molecule has 40 heavy (non-hydrogen) atoms. The highest BCUT2D eigenvalue weighted by atomic mass is 16.6. The van der Waals surface area contributed by atoms with Crippen LogP contribution < -0.4 is 20.7 Å². The van der Waals surface area contributed by atoms with E-state index in [1.165, 1.54) is 4.90 Å². The summed E-state index contributed by atoms with van der Waals surface area (Å²) in [5.74, 6) is -1.15. The molecule has 2 heterocycles. The van der Waals surface area contributed by atoms with E-state index in [0.717, 1.165) is 11.1 Å². The minimum atomic E-state index is -0.680. The van der Waals surface area contributed by atoms with Crippen LogP contribution in [-0.4, -0.2) is 52.9 Å². The number of carbonyl (C=O) groups is 5. The normalized spacial score (nSPS) is 16.6. The number of amides is 5. The highest BCUT2D eigenvalue weighted by Crippen LogP contribution is 2.28. The van der Waals surface area contributed by atoms with E-state index < -0.39 is 29.6 Å². The van der Waals surface area contributed by atoms with Gasteiger partial charge in [0, 0.05) is 36.8 Å². The van der Waals surface area contributed by atoms with E-state index in [2.05, 4.69) is 22.5 Å². The van der Waals surface area contributed by atoms with E-state index in [9.17, 15) is 24.0 Å². The van der Waals surface area contributed by atoms with Crippen LogP contribution in [0.25, 0.3) is 0 Å². The zero-order valence-electron chi connectivity index (χ0n) is 22.7. The van der Waals surface area contributed by atoms with E-state index in [0.29, 0.717) is 23.4 Å². The summed E-state index contributed by atoms with van der Waals surface area (Å²) in [6.07, 6.45) is 0.487. The molecule has 1 unspecified atom stereocenters. The van der Waals surface area contributed by atoms with Gasteiger partial charge in [-0.3, -0.25) is 19.7 Å². The summed E-state index contributed by atoms with van der Waals surface area (Å²) in [5, 5.41) is 7.80. The molecule has 2 aromatic carbocycles.